The number of amides is 1. The molecule has 0 aliphatic carbocycles. The van der Waals surface area contributed by atoms with Crippen LogP contribution in [-0.4, -0.2) is 56.9 Å². The Bertz CT molecular complexity index is 911. The normalized spacial score (nSPS) is 30.9. The first-order valence-electron chi connectivity index (χ1n) is 10.4. The summed E-state index contributed by atoms with van der Waals surface area (Å²) in [5, 5.41) is 11.3. The molecule has 7 nitrogen and oxygen atoms in total. The molecule has 0 radical (unpaired) electrons. The van der Waals surface area contributed by atoms with Crippen LogP contribution in [0, 0.1) is 11.8 Å². The highest BCUT2D eigenvalue weighted by molar-refractivity contribution is 5.91. The number of nitrogens with zero attached hydrogens (tertiary/aromatic N) is 4. The van der Waals surface area contributed by atoms with Crippen LogP contribution in [0.5, 0.6) is 0 Å². The average Bonchev–Trinajstić information content (AvgIpc) is 3.47. The molecule has 0 saturated carbocycles. The van der Waals surface area contributed by atoms with E-state index in [1.54, 1.807) is 12.4 Å². The summed E-state index contributed by atoms with van der Waals surface area (Å²) in [6.07, 6.45) is 7.70. The van der Waals surface area contributed by atoms with Gasteiger partial charge in [0.2, 0.25) is 5.91 Å². The summed E-state index contributed by atoms with van der Waals surface area (Å²) < 4.78 is 8.46. The van der Waals surface area contributed by atoms with Gasteiger partial charge in [-0.05, 0) is 24.5 Å². The Hall–Kier alpha value is -2.51. The SMILES string of the molecule is Cn1cnnc1CN1C[C@@H]2[C@H](CNC(=O)/C=C/c3ccccc3)[C@H]3CC[C@]2(C1)O3. The molecular formula is C22H27N5O2. The molecule has 3 aliphatic rings. The zero-order valence-corrected chi connectivity index (χ0v) is 16.7. The van der Waals surface area contributed by atoms with Gasteiger partial charge < -0.3 is 14.6 Å². The van der Waals surface area contributed by atoms with E-state index in [4.69, 9.17) is 4.74 Å². The molecule has 1 aromatic carbocycles. The molecule has 29 heavy (non-hydrogen) atoms. The highest BCUT2D eigenvalue weighted by Gasteiger charge is 2.62. The Morgan fingerprint density at radius 3 is 3.03 bits per heavy atom. The predicted molar refractivity (Wildman–Crippen MR) is 109 cm³/mol. The minimum absolute atomic E-state index is 0.0420. The van der Waals surface area contributed by atoms with Crippen LogP contribution in [0.15, 0.2) is 42.7 Å². The van der Waals surface area contributed by atoms with Gasteiger partial charge in [-0.25, -0.2) is 0 Å². The average molecular weight is 393 g/mol. The van der Waals surface area contributed by atoms with Gasteiger partial charge in [-0.15, -0.1) is 10.2 Å². The molecule has 7 heteroatoms. The van der Waals surface area contributed by atoms with Crippen LogP contribution in [-0.2, 0) is 23.1 Å². The molecule has 5 rings (SSSR count). The summed E-state index contributed by atoms with van der Waals surface area (Å²) >= 11 is 0. The number of nitrogens with one attached hydrogen (secondary N) is 1. The van der Waals surface area contributed by atoms with Crippen LogP contribution >= 0.6 is 0 Å². The molecule has 3 aliphatic heterocycles. The molecule has 3 saturated heterocycles. The van der Waals surface area contributed by atoms with Gasteiger partial charge in [0.15, 0.2) is 0 Å². The van der Waals surface area contributed by atoms with E-state index in [2.05, 4.69) is 20.4 Å². The third-order valence-electron chi connectivity index (χ3n) is 6.76. The number of carbonyl (C=O) groups is 1. The number of likely N-dealkylation sites (tertiary alicyclic amines) is 1. The second-order valence-electron chi connectivity index (χ2n) is 8.55. The minimum Gasteiger partial charge on any atom is -0.370 e. The van der Waals surface area contributed by atoms with Crippen LogP contribution in [0.2, 0.25) is 0 Å². The van der Waals surface area contributed by atoms with Gasteiger partial charge in [0, 0.05) is 44.6 Å². The third-order valence-corrected chi connectivity index (χ3v) is 6.76. The first-order valence-corrected chi connectivity index (χ1v) is 10.4. The quantitative estimate of drug-likeness (QED) is 0.755. The number of fused-ring (bicyclic) bond motifs is 1. The van der Waals surface area contributed by atoms with Crippen molar-refractivity contribution in [1.29, 1.82) is 0 Å². The van der Waals surface area contributed by atoms with Gasteiger partial charge >= 0.3 is 0 Å². The minimum atomic E-state index is -0.0431. The Labute approximate surface area is 170 Å². The summed E-state index contributed by atoms with van der Waals surface area (Å²) in [5.74, 6) is 1.78. The standard InChI is InChI=1S/C22H27N5O2/c1-26-15-24-25-20(26)13-27-12-18-17(19-9-10-22(18,14-27)29-19)11-23-21(28)8-7-16-5-3-2-4-6-16/h2-8,15,17-19H,9-14H2,1H3,(H,23,28)/b8-7+/t17-,18+,19+,22+/m0/s1. The van der Waals surface area contributed by atoms with Crippen molar-refractivity contribution in [3.05, 3.63) is 54.1 Å². The fraction of sp³-hybridized carbons (Fsp3) is 0.500. The van der Waals surface area contributed by atoms with Crippen molar-refractivity contribution in [2.24, 2.45) is 18.9 Å². The number of benzene rings is 1. The van der Waals surface area contributed by atoms with Gasteiger partial charge in [-0.3, -0.25) is 9.69 Å². The zero-order chi connectivity index (χ0) is 19.8. The Balaban J connectivity index is 1.20. The van der Waals surface area contributed by atoms with Gasteiger partial charge in [0.25, 0.3) is 0 Å². The molecule has 4 atom stereocenters. The zero-order valence-electron chi connectivity index (χ0n) is 16.7. The van der Waals surface area contributed by atoms with Crippen molar-refractivity contribution in [2.75, 3.05) is 19.6 Å². The van der Waals surface area contributed by atoms with Crippen molar-refractivity contribution in [1.82, 2.24) is 25.0 Å². The van der Waals surface area contributed by atoms with E-state index in [0.29, 0.717) is 18.4 Å². The fourth-order valence-electron chi connectivity index (χ4n) is 5.34. The highest BCUT2D eigenvalue weighted by Crippen LogP contribution is 2.54. The summed E-state index contributed by atoms with van der Waals surface area (Å²) in [6, 6.07) is 9.88. The topological polar surface area (TPSA) is 72.3 Å². The van der Waals surface area contributed by atoms with Crippen molar-refractivity contribution in [2.45, 2.75) is 31.1 Å². The molecule has 1 spiro atoms. The highest BCUT2D eigenvalue weighted by atomic mass is 16.5. The van der Waals surface area contributed by atoms with E-state index in [1.165, 1.54) is 0 Å². The summed E-state index contributed by atoms with van der Waals surface area (Å²) in [7, 11) is 1.98. The smallest absolute Gasteiger partial charge is 0.244 e. The summed E-state index contributed by atoms with van der Waals surface area (Å²) in [5.41, 5.74) is 0.985. The fourth-order valence-corrected chi connectivity index (χ4v) is 5.34. The lowest BCUT2D eigenvalue weighted by Gasteiger charge is -2.29. The largest absolute Gasteiger partial charge is 0.370 e. The lowest BCUT2D eigenvalue weighted by atomic mass is 9.73. The molecule has 2 aromatic rings. The Morgan fingerprint density at radius 2 is 2.24 bits per heavy atom. The van der Waals surface area contributed by atoms with Crippen LogP contribution in [0.1, 0.15) is 24.2 Å². The number of aryl methyl sites for hydroxylation is 1. The number of hydrogen-bond donors (Lipinski definition) is 1. The first-order chi connectivity index (χ1) is 14.1. The van der Waals surface area contributed by atoms with E-state index in [-0.39, 0.29) is 17.6 Å². The molecule has 1 aromatic heterocycles. The number of carbonyl (C=O) groups excluding carboxylic acids is 1. The van der Waals surface area contributed by atoms with Gasteiger partial charge in [-0.2, -0.15) is 0 Å². The molecule has 1 amide bonds. The van der Waals surface area contributed by atoms with Gasteiger partial charge in [0.1, 0.15) is 12.2 Å². The molecule has 2 bridgehead atoms. The van der Waals surface area contributed by atoms with E-state index >= 15 is 0 Å². The monoisotopic (exact) mass is 393 g/mol. The molecule has 4 heterocycles. The van der Waals surface area contributed by atoms with Crippen molar-refractivity contribution in [3.8, 4) is 0 Å². The number of hydrogen-bond acceptors (Lipinski definition) is 5. The molecule has 0 unspecified atom stereocenters. The maximum absolute atomic E-state index is 12.3. The lowest BCUT2D eigenvalue weighted by Crippen LogP contribution is -2.41. The molecule has 1 N–H and O–H groups in total. The lowest BCUT2D eigenvalue weighted by molar-refractivity contribution is -0.116. The van der Waals surface area contributed by atoms with Crippen molar-refractivity contribution < 1.29 is 9.53 Å². The van der Waals surface area contributed by atoms with Crippen LogP contribution < -0.4 is 5.32 Å². The van der Waals surface area contributed by atoms with E-state index in [0.717, 1.165) is 43.9 Å². The Kier molecular flexibility index (Phi) is 4.72. The summed E-state index contributed by atoms with van der Waals surface area (Å²) in [4.78, 5) is 14.7. The number of ether oxygens (including phenoxy) is 1. The third kappa shape index (κ3) is 3.49. The maximum atomic E-state index is 12.3. The van der Waals surface area contributed by atoms with Crippen molar-refractivity contribution >= 4 is 12.0 Å². The molecule has 3 fully saturated rings. The molecular weight excluding hydrogens is 366 g/mol. The van der Waals surface area contributed by atoms with Crippen molar-refractivity contribution in [3.63, 3.8) is 0 Å². The summed E-state index contributed by atoms with van der Waals surface area (Å²) in [6.45, 7) is 3.40. The second-order valence-corrected chi connectivity index (χ2v) is 8.55. The second kappa shape index (κ2) is 7.39. The number of aromatic nitrogens is 3. The maximum Gasteiger partial charge on any atom is 0.244 e. The predicted octanol–water partition coefficient (Wildman–Crippen LogP) is 1.62. The van der Waals surface area contributed by atoms with E-state index in [1.807, 2.05) is 48.0 Å². The molecule has 152 valence electrons. The van der Waals surface area contributed by atoms with Gasteiger partial charge in [-0.1, -0.05) is 30.3 Å². The Morgan fingerprint density at radius 1 is 1.38 bits per heavy atom. The van der Waals surface area contributed by atoms with Gasteiger partial charge in [0.05, 0.1) is 18.2 Å². The first kappa shape index (κ1) is 18.5. The van der Waals surface area contributed by atoms with Crippen LogP contribution in [0.4, 0.5) is 0 Å². The number of rotatable bonds is 6. The van der Waals surface area contributed by atoms with Crippen LogP contribution in [0.25, 0.3) is 6.08 Å². The van der Waals surface area contributed by atoms with E-state index < -0.39 is 0 Å². The van der Waals surface area contributed by atoms with Crippen LogP contribution in [0.3, 0.4) is 0 Å². The van der Waals surface area contributed by atoms with E-state index in [9.17, 15) is 4.79 Å².